The summed E-state index contributed by atoms with van der Waals surface area (Å²) in [5, 5.41) is 9.48. The van der Waals surface area contributed by atoms with Crippen LogP contribution < -0.4 is 14.4 Å². The van der Waals surface area contributed by atoms with Crippen LogP contribution >= 0.6 is 11.8 Å². The molecule has 0 unspecified atom stereocenters. The van der Waals surface area contributed by atoms with E-state index in [0.29, 0.717) is 18.0 Å². The lowest BCUT2D eigenvalue weighted by Gasteiger charge is -2.36. The normalized spacial score (nSPS) is 15.3. The van der Waals surface area contributed by atoms with Crippen LogP contribution in [-0.4, -0.2) is 64.3 Å². The Bertz CT molecular complexity index is 1100. The lowest BCUT2D eigenvalue weighted by Crippen LogP contribution is -2.49. The molecule has 2 aromatic carbocycles. The molecule has 8 nitrogen and oxygen atoms in total. The number of rotatable bonds is 6. The number of carbonyl (C=O) groups excluding carboxylic acids is 1. The second-order valence-electron chi connectivity index (χ2n) is 7.61. The Morgan fingerprint density at radius 3 is 2.56 bits per heavy atom. The maximum absolute atomic E-state index is 12.8. The third-order valence-electron chi connectivity index (χ3n) is 5.74. The second kappa shape index (κ2) is 9.12. The van der Waals surface area contributed by atoms with Gasteiger partial charge >= 0.3 is 0 Å². The lowest BCUT2D eigenvalue weighted by atomic mass is 10.2. The molecule has 1 fully saturated rings. The number of ether oxygens (including phenoxy) is 2. The van der Waals surface area contributed by atoms with Gasteiger partial charge in [0, 0.05) is 44.0 Å². The SMILES string of the molecule is CCn1c(SCC(=O)N2CCN(c3ccccc3)CC2)nnc1-c1ccc2c(c1)OCO2. The Kier molecular flexibility index (Phi) is 5.89. The number of aromatic nitrogens is 3. The molecule has 0 spiro atoms. The third kappa shape index (κ3) is 4.12. The fourth-order valence-corrected chi connectivity index (χ4v) is 4.91. The van der Waals surface area contributed by atoms with Crippen LogP contribution in [0.1, 0.15) is 6.92 Å². The minimum atomic E-state index is 0.137. The van der Waals surface area contributed by atoms with Gasteiger partial charge in [-0.05, 0) is 37.3 Å². The van der Waals surface area contributed by atoms with Crippen LogP contribution in [0.4, 0.5) is 5.69 Å². The van der Waals surface area contributed by atoms with Crippen molar-refractivity contribution in [2.24, 2.45) is 0 Å². The van der Waals surface area contributed by atoms with Gasteiger partial charge in [0.1, 0.15) is 0 Å². The number of fused-ring (bicyclic) bond motifs is 1. The van der Waals surface area contributed by atoms with Crippen LogP contribution in [0.15, 0.2) is 53.7 Å². The zero-order valence-electron chi connectivity index (χ0n) is 17.9. The molecule has 0 N–H and O–H groups in total. The van der Waals surface area contributed by atoms with Gasteiger partial charge in [0.2, 0.25) is 12.7 Å². The van der Waals surface area contributed by atoms with Gasteiger partial charge in [-0.15, -0.1) is 10.2 Å². The van der Waals surface area contributed by atoms with Crippen LogP contribution in [0.2, 0.25) is 0 Å². The van der Waals surface area contributed by atoms with Gasteiger partial charge in [-0.25, -0.2) is 0 Å². The van der Waals surface area contributed by atoms with Crippen molar-refractivity contribution in [2.45, 2.75) is 18.6 Å². The van der Waals surface area contributed by atoms with Gasteiger partial charge in [-0.3, -0.25) is 4.79 Å². The predicted molar refractivity (Wildman–Crippen MR) is 123 cm³/mol. The van der Waals surface area contributed by atoms with Crippen LogP contribution in [-0.2, 0) is 11.3 Å². The van der Waals surface area contributed by atoms with Crippen molar-refractivity contribution in [3.05, 3.63) is 48.5 Å². The molecule has 0 saturated carbocycles. The average Bonchev–Trinajstić information content (AvgIpc) is 3.49. The van der Waals surface area contributed by atoms with E-state index in [-0.39, 0.29) is 12.7 Å². The van der Waals surface area contributed by atoms with Gasteiger partial charge in [-0.1, -0.05) is 30.0 Å². The van der Waals surface area contributed by atoms with E-state index in [1.54, 1.807) is 0 Å². The highest BCUT2D eigenvalue weighted by atomic mass is 32.2. The Balaban J connectivity index is 1.20. The molecule has 9 heteroatoms. The van der Waals surface area contributed by atoms with Gasteiger partial charge in [-0.2, -0.15) is 0 Å². The zero-order chi connectivity index (χ0) is 21.9. The molecule has 3 aromatic rings. The summed E-state index contributed by atoms with van der Waals surface area (Å²) in [7, 11) is 0. The summed E-state index contributed by atoms with van der Waals surface area (Å²) in [5.74, 6) is 2.70. The molecule has 1 aromatic heterocycles. The van der Waals surface area contributed by atoms with Crippen molar-refractivity contribution in [1.29, 1.82) is 0 Å². The lowest BCUT2D eigenvalue weighted by molar-refractivity contribution is -0.128. The zero-order valence-corrected chi connectivity index (χ0v) is 18.8. The summed E-state index contributed by atoms with van der Waals surface area (Å²) in [6.07, 6.45) is 0. The van der Waals surface area contributed by atoms with Gasteiger partial charge < -0.3 is 23.8 Å². The molecule has 5 rings (SSSR count). The van der Waals surface area contributed by atoms with E-state index in [1.807, 2.05) is 45.9 Å². The topological polar surface area (TPSA) is 72.7 Å². The number of hydrogen-bond donors (Lipinski definition) is 0. The Morgan fingerprint density at radius 1 is 1.00 bits per heavy atom. The number of carbonyl (C=O) groups is 1. The highest BCUT2D eigenvalue weighted by molar-refractivity contribution is 7.99. The van der Waals surface area contributed by atoms with Crippen LogP contribution in [0.3, 0.4) is 0 Å². The fourth-order valence-electron chi connectivity index (χ4n) is 4.00. The maximum atomic E-state index is 12.8. The first kappa shape index (κ1) is 20.7. The molecule has 0 atom stereocenters. The van der Waals surface area contributed by atoms with Crippen molar-refractivity contribution in [3.63, 3.8) is 0 Å². The molecular weight excluding hydrogens is 426 g/mol. The van der Waals surface area contributed by atoms with E-state index in [2.05, 4.69) is 34.2 Å². The Labute approximate surface area is 191 Å². The van der Waals surface area contributed by atoms with Gasteiger partial charge in [0.15, 0.2) is 22.5 Å². The van der Waals surface area contributed by atoms with E-state index in [9.17, 15) is 4.79 Å². The molecule has 0 aliphatic carbocycles. The summed E-state index contributed by atoms with van der Waals surface area (Å²) in [4.78, 5) is 17.1. The van der Waals surface area contributed by atoms with Crippen molar-refractivity contribution in [3.8, 4) is 22.9 Å². The molecule has 3 heterocycles. The summed E-state index contributed by atoms with van der Waals surface area (Å²) < 4.78 is 12.9. The number of thioether (sulfide) groups is 1. The second-order valence-corrected chi connectivity index (χ2v) is 8.55. The predicted octanol–water partition coefficient (Wildman–Crippen LogP) is 3.13. The van der Waals surface area contributed by atoms with E-state index < -0.39 is 0 Å². The van der Waals surface area contributed by atoms with Crippen molar-refractivity contribution in [2.75, 3.05) is 43.6 Å². The van der Waals surface area contributed by atoms with Crippen molar-refractivity contribution in [1.82, 2.24) is 19.7 Å². The summed E-state index contributed by atoms with van der Waals surface area (Å²) in [6.45, 7) is 6.16. The Hall–Kier alpha value is -3.20. The fraction of sp³-hybridized carbons (Fsp3) is 0.348. The minimum absolute atomic E-state index is 0.137. The smallest absolute Gasteiger partial charge is 0.233 e. The molecule has 1 amide bonds. The maximum Gasteiger partial charge on any atom is 0.233 e. The number of amides is 1. The van der Waals surface area contributed by atoms with E-state index in [1.165, 1.54) is 17.4 Å². The first-order valence-corrected chi connectivity index (χ1v) is 11.8. The summed E-state index contributed by atoms with van der Waals surface area (Å²) >= 11 is 1.44. The Morgan fingerprint density at radius 2 is 1.78 bits per heavy atom. The van der Waals surface area contributed by atoms with Gasteiger partial charge in [0.25, 0.3) is 0 Å². The molecule has 2 aliphatic heterocycles. The van der Waals surface area contributed by atoms with Crippen LogP contribution in [0.5, 0.6) is 11.5 Å². The molecule has 0 radical (unpaired) electrons. The highest BCUT2D eigenvalue weighted by Gasteiger charge is 2.23. The van der Waals surface area contributed by atoms with E-state index in [4.69, 9.17) is 9.47 Å². The molecule has 32 heavy (non-hydrogen) atoms. The first-order valence-electron chi connectivity index (χ1n) is 10.8. The molecule has 1 saturated heterocycles. The standard InChI is InChI=1S/C23H25N5O3S/c1-2-28-22(17-8-9-19-20(14-17)31-16-30-19)24-25-23(28)32-15-21(29)27-12-10-26(11-13-27)18-6-4-3-5-7-18/h3-9,14H,2,10-13,15-16H2,1H3. The van der Waals surface area contributed by atoms with E-state index in [0.717, 1.165) is 48.5 Å². The molecule has 166 valence electrons. The number of piperazine rings is 1. The molecule has 2 aliphatic rings. The van der Waals surface area contributed by atoms with Crippen LogP contribution in [0.25, 0.3) is 11.4 Å². The molecular formula is C23H25N5O3S. The number of nitrogens with zero attached hydrogens (tertiary/aromatic N) is 5. The summed E-state index contributed by atoms with van der Waals surface area (Å²) in [5.41, 5.74) is 2.12. The molecule has 0 bridgehead atoms. The first-order chi connectivity index (χ1) is 15.7. The third-order valence-corrected chi connectivity index (χ3v) is 6.69. The number of anilines is 1. The highest BCUT2D eigenvalue weighted by Crippen LogP contribution is 2.36. The van der Waals surface area contributed by atoms with Crippen molar-refractivity contribution < 1.29 is 14.3 Å². The summed E-state index contributed by atoms with van der Waals surface area (Å²) in [6, 6.07) is 16.1. The van der Waals surface area contributed by atoms with E-state index >= 15 is 0 Å². The average molecular weight is 452 g/mol. The van der Waals surface area contributed by atoms with Crippen molar-refractivity contribution >= 4 is 23.4 Å². The number of benzene rings is 2. The quantitative estimate of drug-likeness (QED) is 0.533. The minimum Gasteiger partial charge on any atom is -0.454 e. The largest absolute Gasteiger partial charge is 0.454 e. The number of hydrogen-bond acceptors (Lipinski definition) is 7. The van der Waals surface area contributed by atoms with Gasteiger partial charge in [0.05, 0.1) is 5.75 Å². The number of para-hydroxylation sites is 1. The monoisotopic (exact) mass is 451 g/mol. The van der Waals surface area contributed by atoms with Crippen LogP contribution in [0, 0.1) is 0 Å².